The van der Waals surface area contributed by atoms with Crippen LogP contribution in [-0.2, 0) is 9.47 Å². The Kier molecular flexibility index (Phi) is 7.04. The van der Waals surface area contributed by atoms with E-state index in [0.717, 1.165) is 54.8 Å². The van der Waals surface area contributed by atoms with E-state index in [1.807, 2.05) is 0 Å². The van der Waals surface area contributed by atoms with E-state index >= 15 is 0 Å². The normalized spacial score (nSPS) is 41.8. The van der Waals surface area contributed by atoms with Crippen LogP contribution in [0.5, 0.6) is 0 Å². The summed E-state index contributed by atoms with van der Waals surface area (Å²) in [6, 6.07) is 0. The van der Waals surface area contributed by atoms with Gasteiger partial charge in [0, 0.05) is 6.42 Å². The van der Waals surface area contributed by atoms with Crippen LogP contribution < -0.4 is 0 Å². The van der Waals surface area contributed by atoms with Gasteiger partial charge in [0.2, 0.25) is 0 Å². The number of rotatable bonds is 6. The first-order chi connectivity index (χ1) is 15.2. The molecule has 0 aromatic rings. The summed E-state index contributed by atoms with van der Waals surface area (Å²) in [5.74, 6) is 5.20. The zero-order valence-electron chi connectivity index (χ0n) is 21.6. The number of ether oxygens (including phenoxy) is 2. The summed E-state index contributed by atoms with van der Waals surface area (Å²) in [5.41, 5.74) is 2.42. The van der Waals surface area contributed by atoms with E-state index in [-0.39, 0.29) is 6.10 Å². The lowest BCUT2D eigenvalue weighted by atomic mass is 9.47. The summed E-state index contributed by atoms with van der Waals surface area (Å²) in [5, 5.41) is 0. The van der Waals surface area contributed by atoms with E-state index in [9.17, 15) is 4.79 Å². The van der Waals surface area contributed by atoms with Gasteiger partial charge in [-0.3, -0.25) is 0 Å². The fourth-order valence-electron chi connectivity index (χ4n) is 8.94. The summed E-state index contributed by atoms with van der Waals surface area (Å²) in [6.45, 7) is 12.5. The van der Waals surface area contributed by atoms with Gasteiger partial charge in [0.1, 0.15) is 6.10 Å². The van der Waals surface area contributed by atoms with Crippen LogP contribution >= 0.6 is 0 Å². The quantitative estimate of drug-likeness (QED) is 0.306. The molecule has 3 nitrogen and oxygen atoms in total. The minimum Gasteiger partial charge on any atom is -0.438 e. The SMILES string of the molecule is COC(=O)O[C@H]1CC[C@@]2(C)C(=CC[C@@H]3[C@H]4CC[C@@H]([C@@H](C)CCCC(C)C)[C@@]4(C)CC[C@H]32)C1. The van der Waals surface area contributed by atoms with Crippen molar-refractivity contribution in [2.75, 3.05) is 7.11 Å². The van der Waals surface area contributed by atoms with Gasteiger partial charge in [0.25, 0.3) is 0 Å². The maximum Gasteiger partial charge on any atom is 0.508 e. The summed E-state index contributed by atoms with van der Waals surface area (Å²) >= 11 is 0. The first-order valence-electron chi connectivity index (χ1n) is 13.6. The second-order valence-corrected chi connectivity index (χ2v) is 12.7. The highest BCUT2D eigenvalue weighted by Crippen LogP contribution is 2.67. The third kappa shape index (κ3) is 4.27. The van der Waals surface area contributed by atoms with E-state index < -0.39 is 6.16 Å². The van der Waals surface area contributed by atoms with Crippen LogP contribution in [0, 0.1) is 46.3 Å². The molecule has 0 spiro atoms. The Hall–Kier alpha value is -0.990. The predicted octanol–water partition coefficient (Wildman–Crippen LogP) is 8.18. The van der Waals surface area contributed by atoms with Crippen LogP contribution in [0.15, 0.2) is 11.6 Å². The standard InChI is InChI=1S/C29H48O3/c1-19(2)8-7-9-20(3)24-12-13-25-23-11-10-21-18-22(32-27(30)31-6)14-16-28(21,4)26(23)15-17-29(24,25)5/h10,19-20,22-26H,7-9,11-18H2,1-6H3/t20-,22-,23+,24-,25+,26+,28-,29+/m0/s1. The molecule has 0 heterocycles. The van der Waals surface area contributed by atoms with Gasteiger partial charge < -0.3 is 9.47 Å². The molecule has 4 rings (SSSR count). The Bertz CT molecular complexity index is 711. The lowest BCUT2D eigenvalue weighted by molar-refractivity contribution is -0.0608. The number of hydrogen-bond donors (Lipinski definition) is 0. The Morgan fingerprint density at radius 1 is 1.06 bits per heavy atom. The van der Waals surface area contributed by atoms with E-state index in [1.54, 1.807) is 5.57 Å². The van der Waals surface area contributed by atoms with Gasteiger partial charge in [-0.1, -0.05) is 65.5 Å². The molecule has 4 aliphatic carbocycles. The molecule has 0 amide bonds. The first-order valence-corrected chi connectivity index (χ1v) is 13.6. The fourth-order valence-corrected chi connectivity index (χ4v) is 8.94. The average Bonchev–Trinajstić information content (AvgIpc) is 3.11. The van der Waals surface area contributed by atoms with Crippen LogP contribution in [0.1, 0.15) is 105 Å². The number of fused-ring (bicyclic) bond motifs is 5. The maximum atomic E-state index is 11.6. The second-order valence-electron chi connectivity index (χ2n) is 12.7. The molecule has 0 aromatic heterocycles. The van der Waals surface area contributed by atoms with Crippen molar-refractivity contribution in [1.29, 1.82) is 0 Å². The molecular formula is C29H48O3. The summed E-state index contributed by atoms with van der Waals surface area (Å²) in [4.78, 5) is 11.6. The van der Waals surface area contributed by atoms with Gasteiger partial charge in [-0.2, -0.15) is 0 Å². The van der Waals surface area contributed by atoms with Crippen molar-refractivity contribution >= 4 is 6.16 Å². The van der Waals surface area contributed by atoms with Crippen molar-refractivity contribution in [1.82, 2.24) is 0 Å². The molecule has 8 atom stereocenters. The number of hydrogen-bond acceptors (Lipinski definition) is 3. The van der Waals surface area contributed by atoms with Crippen molar-refractivity contribution < 1.29 is 14.3 Å². The average molecular weight is 445 g/mol. The van der Waals surface area contributed by atoms with Gasteiger partial charge in [-0.05, 0) is 91.3 Å². The fraction of sp³-hybridized carbons (Fsp3) is 0.897. The Morgan fingerprint density at radius 2 is 1.84 bits per heavy atom. The van der Waals surface area contributed by atoms with E-state index in [4.69, 9.17) is 9.47 Å². The molecule has 0 bridgehead atoms. The molecule has 182 valence electrons. The van der Waals surface area contributed by atoms with Gasteiger partial charge >= 0.3 is 6.16 Å². The van der Waals surface area contributed by atoms with Gasteiger partial charge in [-0.15, -0.1) is 0 Å². The van der Waals surface area contributed by atoms with Gasteiger partial charge in [-0.25, -0.2) is 4.79 Å². The van der Waals surface area contributed by atoms with Crippen molar-refractivity contribution in [2.24, 2.45) is 46.3 Å². The summed E-state index contributed by atoms with van der Waals surface area (Å²) in [7, 11) is 1.40. The van der Waals surface area contributed by atoms with Crippen molar-refractivity contribution in [3.8, 4) is 0 Å². The number of allylic oxidation sites excluding steroid dienone is 1. The predicted molar refractivity (Wildman–Crippen MR) is 130 cm³/mol. The minimum absolute atomic E-state index is 0.00488. The van der Waals surface area contributed by atoms with Gasteiger partial charge in [0.05, 0.1) is 7.11 Å². The third-order valence-electron chi connectivity index (χ3n) is 10.7. The van der Waals surface area contributed by atoms with E-state index in [2.05, 4.69) is 40.7 Å². The molecule has 3 fully saturated rings. The highest BCUT2D eigenvalue weighted by Gasteiger charge is 2.59. The number of carbonyl (C=O) groups is 1. The van der Waals surface area contributed by atoms with Crippen LogP contribution in [0.2, 0.25) is 0 Å². The van der Waals surface area contributed by atoms with Crippen LogP contribution in [0.25, 0.3) is 0 Å². The van der Waals surface area contributed by atoms with Crippen molar-refractivity contribution in [2.45, 2.75) is 111 Å². The Morgan fingerprint density at radius 3 is 2.56 bits per heavy atom. The zero-order valence-corrected chi connectivity index (χ0v) is 21.6. The van der Waals surface area contributed by atoms with E-state index in [1.165, 1.54) is 58.5 Å². The van der Waals surface area contributed by atoms with E-state index in [0.29, 0.717) is 10.8 Å². The maximum absolute atomic E-state index is 11.6. The van der Waals surface area contributed by atoms with Crippen LogP contribution in [0.4, 0.5) is 4.79 Å². The molecule has 0 radical (unpaired) electrons. The highest BCUT2D eigenvalue weighted by atomic mass is 16.7. The molecule has 0 N–H and O–H groups in total. The molecule has 3 saturated carbocycles. The van der Waals surface area contributed by atoms with Crippen LogP contribution in [-0.4, -0.2) is 19.4 Å². The minimum atomic E-state index is -0.527. The van der Waals surface area contributed by atoms with Crippen molar-refractivity contribution in [3.63, 3.8) is 0 Å². The largest absolute Gasteiger partial charge is 0.508 e. The van der Waals surface area contributed by atoms with Gasteiger partial charge in [0.15, 0.2) is 0 Å². The number of carbonyl (C=O) groups excluding carboxylic acids is 1. The molecule has 0 aliphatic heterocycles. The summed E-state index contributed by atoms with van der Waals surface area (Å²) < 4.78 is 10.3. The molecule has 0 aromatic carbocycles. The smallest absolute Gasteiger partial charge is 0.438 e. The third-order valence-corrected chi connectivity index (χ3v) is 10.7. The molecule has 32 heavy (non-hydrogen) atoms. The topological polar surface area (TPSA) is 35.5 Å². The molecule has 0 unspecified atom stereocenters. The number of methoxy groups -OCH3 is 1. The molecule has 3 heteroatoms. The molecular weight excluding hydrogens is 396 g/mol. The van der Waals surface area contributed by atoms with Crippen LogP contribution in [0.3, 0.4) is 0 Å². The molecule has 0 saturated heterocycles. The Balaban J connectivity index is 1.45. The second kappa shape index (κ2) is 9.34. The van der Waals surface area contributed by atoms with Crippen molar-refractivity contribution in [3.05, 3.63) is 11.6 Å². The highest BCUT2D eigenvalue weighted by molar-refractivity contribution is 5.59. The zero-order chi connectivity index (χ0) is 23.1. The molecule has 4 aliphatic rings. The lowest BCUT2D eigenvalue weighted by Crippen LogP contribution is -2.51. The summed E-state index contributed by atoms with van der Waals surface area (Å²) in [6.07, 6.45) is 16.2. The monoisotopic (exact) mass is 444 g/mol. The Labute approximate surface area is 197 Å². The first kappa shape index (κ1) is 24.1. The lowest BCUT2D eigenvalue weighted by Gasteiger charge is -2.58.